The molecule has 2 heterocycles. The van der Waals surface area contributed by atoms with Gasteiger partial charge in [-0.3, -0.25) is 9.59 Å². The van der Waals surface area contributed by atoms with Crippen molar-refractivity contribution >= 4 is 34.9 Å². The largest absolute Gasteiger partial charge is 0.497 e. The van der Waals surface area contributed by atoms with Crippen LogP contribution in [0.25, 0.3) is 11.1 Å². The number of ether oxygens (including phenoxy) is 2. The van der Waals surface area contributed by atoms with Crippen LogP contribution in [0, 0.1) is 6.92 Å². The van der Waals surface area contributed by atoms with E-state index in [1.54, 1.807) is 31.0 Å². The summed E-state index contributed by atoms with van der Waals surface area (Å²) in [4.78, 5) is 25.4. The summed E-state index contributed by atoms with van der Waals surface area (Å²) < 4.78 is 12.2. The topological polar surface area (TPSA) is 94.5 Å². The van der Waals surface area contributed by atoms with E-state index >= 15 is 0 Å². The van der Waals surface area contributed by atoms with E-state index in [0.717, 1.165) is 16.7 Å². The summed E-state index contributed by atoms with van der Waals surface area (Å²) in [5, 5.41) is 10.7. The highest BCUT2D eigenvalue weighted by atomic mass is 35.5. The first-order valence-corrected chi connectivity index (χ1v) is 10.4. The minimum Gasteiger partial charge on any atom is -0.497 e. The highest BCUT2D eigenvalue weighted by molar-refractivity contribution is 6.33. The van der Waals surface area contributed by atoms with E-state index < -0.39 is 6.04 Å². The van der Waals surface area contributed by atoms with Crippen LogP contribution in [0.4, 0.5) is 11.5 Å². The van der Waals surface area contributed by atoms with E-state index in [1.165, 1.54) is 0 Å². The van der Waals surface area contributed by atoms with E-state index in [9.17, 15) is 9.59 Å². The molecular formula is C23H23ClN4O4. The smallest absolute Gasteiger partial charge is 0.251 e. The van der Waals surface area contributed by atoms with Gasteiger partial charge in [0.15, 0.2) is 0 Å². The van der Waals surface area contributed by atoms with Crippen molar-refractivity contribution in [2.45, 2.75) is 26.0 Å². The average molecular weight is 455 g/mol. The summed E-state index contributed by atoms with van der Waals surface area (Å²) in [5.41, 5.74) is 3.71. The van der Waals surface area contributed by atoms with E-state index in [4.69, 9.17) is 21.1 Å². The summed E-state index contributed by atoms with van der Waals surface area (Å²) >= 11 is 6.22. The van der Waals surface area contributed by atoms with E-state index in [1.807, 2.05) is 37.3 Å². The maximum absolute atomic E-state index is 12.7. The third kappa shape index (κ3) is 4.19. The molecule has 166 valence electrons. The van der Waals surface area contributed by atoms with E-state index in [2.05, 4.69) is 15.7 Å². The number of hydrogen-bond acceptors (Lipinski definition) is 5. The third-order valence-corrected chi connectivity index (χ3v) is 5.55. The average Bonchev–Trinajstić information content (AvgIpc) is 3.25. The molecule has 1 aliphatic heterocycles. The number of rotatable bonds is 7. The molecule has 1 aromatic heterocycles. The van der Waals surface area contributed by atoms with Crippen molar-refractivity contribution in [3.63, 3.8) is 0 Å². The molecule has 0 radical (unpaired) electrons. The fourth-order valence-corrected chi connectivity index (χ4v) is 4.02. The van der Waals surface area contributed by atoms with Gasteiger partial charge in [-0.2, -0.15) is 5.10 Å². The lowest BCUT2D eigenvalue weighted by Crippen LogP contribution is -2.24. The van der Waals surface area contributed by atoms with Crippen LogP contribution in [0.3, 0.4) is 0 Å². The molecule has 2 N–H and O–H groups in total. The summed E-state index contributed by atoms with van der Waals surface area (Å²) in [7, 11) is 3.17. The maximum atomic E-state index is 12.7. The van der Waals surface area contributed by atoms with Crippen molar-refractivity contribution in [3.05, 3.63) is 58.7 Å². The molecule has 0 saturated carbocycles. The monoisotopic (exact) mass is 454 g/mol. The molecule has 1 unspecified atom stereocenters. The van der Waals surface area contributed by atoms with E-state index in [-0.39, 0.29) is 24.8 Å². The number of nitrogens with one attached hydrogen (secondary N) is 2. The molecule has 0 aliphatic carbocycles. The quantitative estimate of drug-likeness (QED) is 0.558. The Morgan fingerprint density at radius 3 is 2.78 bits per heavy atom. The number of methoxy groups -OCH3 is 2. The van der Waals surface area contributed by atoms with Crippen LogP contribution in [-0.4, -0.2) is 35.8 Å². The predicted molar refractivity (Wildman–Crippen MR) is 122 cm³/mol. The lowest BCUT2D eigenvalue weighted by molar-refractivity contribution is -0.123. The summed E-state index contributed by atoms with van der Waals surface area (Å²) in [6.07, 6.45) is -0.0886. The van der Waals surface area contributed by atoms with Gasteiger partial charge in [-0.1, -0.05) is 29.8 Å². The zero-order valence-electron chi connectivity index (χ0n) is 17.9. The Morgan fingerprint density at radius 2 is 2.06 bits per heavy atom. The number of fused-ring (bicyclic) bond motifs is 1. The molecule has 0 spiro atoms. The molecule has 1 atom stereocenters. The normalized spacial score (nSPS) is 14.8. The molecule has 0 fully saturated rings. The highest BCUT2D eigenvalue weighted by Crippen LogP contribution is 2.40. The van der Waals surface area contributed by atoms with Crippen LogP contribution in [-0.2, 0) is 20.9 Å². The maximum Gasteiger partial charge on any atom is 0.251 e. The van der Waals surface area contributed by atoms with Crippen molar-refractivity contribution in [2.24, 2.45) is 0 Å². The van der Waals surface area contributed by atoms with Crippen molar-refractivity contribution in [1.82, 2.24) is 9.78 Å². The molecule has 4 rings (SSSR count). The van der Waals surface area contributed by atoms with Crippen LogP contribution < -0.4 is 15.4 Å². The fourth-order valence-electron chi connectivity index (χ4n) is 3.73. The molecule has 8 nitrogen and oxygen atoms in total. The summed E-state index contributed by atoms with van der Waals surface area (Å²) in [6.45, 7) is 2.16. The second kappa shape index (κ2) is 9.02. The molecule has 3 aromatic rings. The Kier molecular flexibility index (Phi) is 6.16. The standard InChI is InChI=1S/C23H23ClN4O4/c1-13-7-8-17(16(24)9-13)25-20(29)11-19-23(30)26-22-21(18(12-31-2)27-28(19)22)14-5-4-6-15(10-14)32-3/h4-10,19H,11-12H2,1-3H3,(H,25,29)(H,26,30). The zero-order chi connectivity index (χ0) is 22.8. The predicted octanol–water partition coefficient (Wildman–Crippen LogP) is 4.19. The second-order valence-corrected chi connectivity index (χ2v) is 7.93. The van der Waals surface area contributed by atoms with Crippen LogP contribution >= 0.6 is 11.6 Å². The van der Waals surface area contributed by atoms with Gasteiger partial charge < -0.3 is 20.1 Å². The van der Waals surface area contributed by atoms with Gasteiger partial charge in [-0.05, 0) is 42.3 Å². The van der Waals surface area contributed by atoms with Gasteiger partial charge in [-0.15, -0.1) is 0 Å². The number of halogens is 1. The number of hydrogen-bond donors (Lipinski definition) is 2. The Morgan fingerprint density at radius 1 is 1.25 bits per heavy atom. The number of carbonyl (C=O) groups excluding carboxylic acids is 2. The van der Waals surface area contributed by atoms with Crippen molar-refractivity contribution in [1.29, 1.82) is 0 Å². The van der Waals surface area contributed by atoms with Gasteiger partial charge in [0.1, 0.15) is 17.6 Å². The van der Waals surface area contributed by atoms with Gasteiger partial charge in [0.25, 0.3) is 5.91 Å². The van der Waals surface area contributed by atoms with Crippen LogP contribution in [0.2, 0.25) is 5.02 Å². The zero-order valence-corrected chi connectivity index (χ0v) is 18.7. The number of aromatic nitrogens is 2. The van der Waals surface area contributed by atoms with Gasteiger partial charge in [0.2, 0.25) is 5.91 Å². The second-order valence-electron chi connectivity index (χ2n) is 7.52. The summed E-state index contributed by atoms with van der Waals surface area (Å²) in [5.74, 6) is 0.573. The fraction of sp³-hybridized carbons (Fsp3) is 0.261. The molecule has 0 saturated heterocycles. The number of amides is 2. The molecule has 9 heteroatoms. The highest BCUT2D eigenvalue weighted by Gasteiger charge is 2.37. The number of aryl methyl sites for hydroxylation is 1. The van der Waals surface area contributed by atoms with Crippen molar-refractivity contribution in [2.75, 3.05) is 24.9 Å². The van der Waals surface area contributed by atoms with Gasteiger partial charge in [0, 0.05) is 7.11 Å². The lowest BCUT2D eigenvalue weighted by Gasteiger charge is -2.11. The van der Waals surface area contributed by atoms with Crippen molar-refractivity contribution in [3.8, 4) is 16.9 Å². The molecule has 0 bridgehead atoms. The van der Waals surface area contributed by atoms with Gasteiger partial charge >= 0.3 is 0 Å². The van der Waals surface area contributed by atoms with E-state index in [0.29, 0.717) is 28.0 Å². The Labute approximate surface area is 190 Å². The number of anilines is 2. The molecule has 1 aliphatic rings. The minimum atomic E-state index is -0.788. The molecular weight excluding hydrogens is 432 g/mol. The molecule has 32 heavy (non-hydrogen) atoms. The third-order valence-electron chi connectivity index (χ3n) is 5.24. The first-order chi connectivity index (χ1) is 15.4. The first-order valence-electron chi connectivity index (χ1n) is 10.0. The molecule has 2 amide bonds. The Bertz CT molecular complexity index is 1190. The van der Waals surface area contributed by atoms with Gasteiger partial charge in [0.05, 0.1) is 42.1 Å². The Balaban J connectivity index is 1.63. The molecule has 2 aromatic carbocycles. The van der Waals surface area contributed by atoms with Crippen molar-refractivity contribution < 1.29 is 19.1 Å². The summed E-state index contributed by atoms with van der Waals surface area (Å²) in [6, 6.07) is 12.0. The SMILES string of the molecule is COCc1nn2c(c1-c1cccc(OC)c1)NC(=O)C2CC(=O)Nc1ccc(C)cc1Cl. The number of nitrogens with zero attached hydrogens (tertiary/aromatic N) is 2. The number of carbonyl (C=O) groups is 2. The van der Waals surface area contributed by atoms with Crippen LogP contribution in [0.5, 0.6) is 5.75 Å². The van der Waals surface area contributed by atoms with Crippen LogP contribution in [0.1, 0.15) is 23.7 Å². The van der Waals surface area contributed by atoms with Gasteiger partial charge in [-0.25, -0.2) is 4.68 Å². The number of benzene rings is 2. The lowest BCUT2D eigenvalue weighted by atomic mass is 10.1. The Hall–Kier alpha value is -3.36. The van der Waals surface area contributed by atoms with Crippen LogP contribution in [0.15, 0.2) is 42.5 Å². The first kappa shape index (κ1) is 21.9. The minimum absolute atomic E-state index is 0.0886.